The van der Waals surface area contributed by atoms with E-state index in [2.05, 4.69) is 11.7 Å². The van der Waals surface area contributed by atoms with Crippen LogP contribution in [0, 0.1) is 0 Å². The van der Waals surface area contributed by atoms with Gasteiger partial charge in [0.25, 0.3) is 0 Å². The highest BCUT2D eigenvalue weighted by atomic mass is 19.1. The second-order valence-electron chi connectivity index (χ2n) is 2.51. The van der Waals surface area contributed by atoms with Crippen molar-refractivity contribution in [2.24, 2.45) is 5.10 Å². The molecule has 3 heteroatoms. The minimum Gasteiger partial charge on any atom is -0.242 e. The fourth-order valence-corrected chi connectivity index (χ4v) is 0.886. The van der Waals surface area contributed by atoms with Crippen LogP contribution in [0.5, 0.6) is 0 Å². The highest BCUT2D eigenvalue weighted by Gasteiger charge is 2.10. The Morgan fingerprint density at radius 2 is 2.33 bits per heavy atom. The zero-order valence-electron chi connectivity index (χ0n) is 7.21. The molecule has 0 aromatic carbocycles. The van der Waals surface area contributed by atoms with Crippen LogP contribution in [-0.4, -0.2) is 11.2 Å². The van der Waals surface area contributed by atoms with Gasteiger partial charge in [0.2, 0.25) is 0 Å². The van der Waals surface area contributed by atoms with Gasteiger partial charge in [-0.1, -0.05) is 6.58 Å². The van der Waals surface area contributed by atoms with E-state index in [1.807, 2.05) is 0 Å². The van der Waals surface area contributed by atoms with E-state index >= 15 is 0 Å². The maximum Gasteiger partial charge on any atom is 0.129 e. The fourth-order valence-electron chi connectivity index (χ4n) is 0.886. The van der Waals surface area contributed by atoms with Gasteiger partial charge in [0, 0.05) is 18.0 Å². The number of hydrogen-bond acceptors (Lipinski definition) is 2. The highest BCUT2D eigenvalue weighted by Crippen LogP contribution is 2.22. The van der Waals surface area contributed by atoms with Crippen LogP contribution in [0.3, 0.4) is 0 Å². The average molecular weight is 166 g/mol. The molecule has 1 aliphatic rings. The second-order valence-corrected chi connectivity index (χ2v) is 2.51. The van der Waals surface area contributed by atoms with Crippen LogP contribution in [0.4, 0.5) is 4.39 Å². The van der Waals surface area contributed by atoms with Crippen molar-refractivity contribution in [1.29, 1.82) is 0 Å². The molecule has 0 saturated carbocycles. The first-order valence-electron chi connectivity index (χ1n) is 3.68. The molecule has 0 saturated heterocycles. The summed E-state index contributed by atoms with van der Waals surface area (Å²) in [5.74, 6) is -0.248. The predicted molar refractivity (Wildman–Crippen MR) is 48.1 cm³/mol. The van der Waals surface area contributed by atoms with Crippen LogP contribution in [0.15, 0.2) is 41.1 Å². The van der Waals surface area contributed by atoms with E-state index in [9.17, 15) is 4.39 Å². The third-order valence-electron chi connectivity index (χ3n) is 1.52. The smallest absolute Gasteiger partial charge is 0.129 e. The summed E-state index contributed by atoms with van der Waals surface area (Å²) in [7, 11) is 0. The fraction of sp³-hybridized carbons (Fsp3) is 0.222. The lowest BCUT2D eigenvalue weighted by Crippen LogP contribution is -2.11. The van der Waals surface area contributed by atoms with Crippen molar-refractivity contribution >= 4 is 6.21 Å². The molecule has 0 fully saturated rings. The quantitative estimate of drug-likeness (QED) is 0.546. The van der Waals surface area contributed by atoms with Gasteiger partial charge >= 0.3 is 0 Å². The van der Waals surface area contributed by atoms with Gasteiger partial charge in [-0.15, -0.1) is 0 Å². The summed E-state index contributed by atoms with van der Waals surface area (Å²) in [4.78, 5) is 0. The summed E-state index contributed by atoms with van der Waals surface area (Å²) in [5.41, 5.74) is 1.10. The van der Waals surface area contributed by atoms with Crippen molar-refractivity contribution in [2.45, 2.75) is 13.8 Å². The summed E-state index contributed by atoms with van der Waals surface area (Å²) in [6.07, 6.45) is 4.60. The Labute approximate surface area is 71.4 Å². The number of hydrazone groups is 1. The van der Waals surface area contributed by atoms with Gasteiger partial charge in [0.05, 0.1) is 5.70 Å². The average Bonchev–Trinajstić information content (AvgIpc) is 2.01. The minimum absolute atomic E-state index is 0.248. The molecule has 1 rings (SSSR count). The third kappa shape index (κ3) is 1.61. The van der Waals surface area contributed by atoms with E-state index in [4.69, 9.17) is 0 Å². The monoisotopic (exact) mass is 166 g/mol. The van der Waals surface area contributed by atoms with Crippen molar-refractivity contribution < 1.29 is 4.39 Å². The van der Waals surface area contributed by atoms with Crippen LogP contribution < -0.4 is 0 Å². The van der Waals surface area contributed by atoms with Gasteiger partial charge in [-0.25, -0.2) is 9.40 Å². The first kappa shape index (κ1) is 8.71. The number of nitrogens with zero attached hydrogens (tertiary/aromatic N) is 2. The molecule has 0 N–H and O–H groups in total. The van der Waals surface area contributed by atoms with Crippen molar-refractivity contribution in [3.05, 3.63) is 36.0 Å². The Hall–Kier alpha value is -1.38. The maximum atomic E-state index is 12.9. The van der Waals surface area contributed by atoms with Crippen LogP contribution in [-0.2, 0) is 0 Å². The third-order valence-corrected chi connectivity index (χ3v) is 1.52. The van der Waals surface area contributed by atoms with Gasteiger partial charge in [0.1, 0.15) is 5.83 Å². The molecule has 0 aromatic heterocycles. The molecule has 0 aliphatic carbocycles. The molecule has 0 unspecified atom stereocenters. The van der Waals surface area contributed by atoms with Crippen molar-refractivity contribution in [3.8, 4) is 0 Å². The summed E-state index contributed by atoms with van der Waals surface area (Å²) in [6, 6.07) is 0. The Morgan fingerprint density at radius 1 is 1.67 bits per heavy atom. The van der Waals surface area contributed by atoms with Gasteiger partial charge in [-0.05, 0) is 19.9 Å². The van der Waals surface area contributed by atoms with Crippen molar-refractivity contribution in [2.75, 3.05) is 0 Å². The summed E-state index contributed by atoms with van der Waals surface area (Å²) >= 11 is 0. The van der Waals surface area contributed by atoms with Crippen LogP contribution in [0.2, 0.25) is 0 Å². The van der Waals surface area contributed by atoms with Gasteiger partial charge in [-0.3, -0.25) is 0 Å². The van der Waals surface area contributed by atoms with Crippen LogP contribution >= 0.6 is 0 Å². The summed E-state index contributed by atoms with van der Waals surface area (Å²) in [5, 5.41) is 5.51. The normalized spacial score (nSPS) is 18.2. The van der Waals surface area contributed by atoms with Crippen LogP contribution in [0.25, 0.3) is 0 Å². The SMILES string of the molecule is C=C1C=C(F)C(C)=CN1/N=C\C. The molecule has 12 heavy (non-hydrogen) atoms. The molecule has 0 amide bonds. The Morgan fingerprint density at radius 3 is 2.92 bits per heavy atom. The Balaban J connectivity index is 2.91. The summed E-state index contributed by atoms with van der Waals surface area (Å²) < 4.78 is 12.9. The molecule has 0 radical (unpaired) electrons. The topological polar surface area (TPSA) is 15.6 Å². The lowest BCUT2D eigenvalue weighted by Gasteiger charge is -2.19. The first-order valence-corrected chi connectivity index (χ1v) is 3.68. The second kappa shape index (κ2) is 3.34. The Bertz CT molecular complexity index is 287. The van der Waals surface area contributed by atoms with Crippen LogP contribution in [0.1, 0.15) is 13.8 Å². The first-order chi connectivity index (χ1) is 5.65. The van der Waals surface area contributed by atoms with E-state index in [1.54, 1.807) is 31.3 Å². The molecule has 1 aliphatic heterocycles. The van der Waals surface area contributed by atoms with E-state index in [0.717, 1.165) is 0 Å². The summed E-state index contributed by atoms with van der Waals surface area (Å²) in [6.45, 7) is 7.14. The number of hydrogen-bond donors (Lipinski definition) is 0. The van der Waals surface area contributed by atoms with Crippen molar-refractivity contribution in [3.63, 3.8) is 0 Å². The lowest BCUT2D eigenvalue weighted by atomic mass is 10.2. The van der Waals surface area contributed by atoms with Gasteiger partial charge in [-0.2, -0.15) is 5.10 Å². The molecule has 1 heterocycles. The molecule has 0 spiro atoms. The Kier molecular flexibility index (Phi) is 2.43. The largest absolute Gasteiger partial charge is 0.242 e. The highest BCUT2D eigenvalue weighted by molar-refractivity contribution is 5.53. The van der Waals surface area contributed by atoms with E-state index in [-0.39, 0.29) is 5.83 Å². The zero-order valence-corrected chi connectivity index (χ0v) is 7.21. The molecular weight excluding hydrogens is 155 g/mol. The minimum atomic E-state index is -0.248. The lowest BCUT2D eigenvalue weighted by molar-refractivity contribution is 0.492. The molecule has 64 valence electrons. The van der Waals surface area contributed by atoms with E-state index < -0.39 is 0 Å². The standard InChI is InChI=1S/C9H11FN2/c1-4-11-12-6-7(2)9(10)5-8(12)3/h4-6H,3H2,1-2H3/b11-4-. The van der Waals surface area contributed by atoms with E-state index in [1.165, 1.54) is 6.08 Å². The van der Waals surface area contributed by atoms with Gasteiger partial charge in [0.15, 0.2) is 0 Å². The molecular formula is C9H11FN2. The van der Waals surface area contributed by atoms with Gasteiger partial charge < -0.3 is 0 Å². The number of rotatable bonds is 1. The molecule has 0 bridgehead atoms. The maximum absolute atomic E-state index is 12.9. The zero-order chi connectivity index (χ0) is 9.14. The number of allylic oxidation sites excluding steroid dienone is 3. The van der Waals surface area contributed by atoms with Crippen molar-refractivity contribution in [1.82, 2.24) is 5.01 Å². The predicted octanol–water partition coefficient (Wildman–Crippen LogP) is 2.58. The number of halogens is 1. The van der Waals surface area contributed by atoms with E-state index in [0.29, 0.717) is 11.3 Å². The molecule has 2 nitrogen and oxygen atoms in total. The molecule has 0 atom stereocenters. The molecule has 0 aromatic rings.